The van der Waals surface area contributed by atoms with Gasteiger partial charge in [-0.15, -0.1) is 0 Å². The van der Waals surface area contributed by atoms with Gasteiger partial charge >= 0.3 is 5.97 Å². The van der Waals surface area contributed by atoms with E-state index in [-0.39, 0.29) is 23.9 Å². The van der Waals surface area contributed by atoms with Crippen LogP contribution >= 0.6 is 0 Å². The van der Waals surface area contributed by atoms with Crippen molar-refractivity contribution in [2.24, 2.45) is 40.9 Å². The van der Waals surface area contributed by atoms with E-state index in [1.54, 1.807) is 6.92 Å². The topological polar surface area (TPSA) is 52.6 Å². The molecule has 0 saturated heterocycles. The average Bonchev–Trinajstić information content (AvgIpc) is 3.35. The van der Waals surface area contributed by atoms with Crippen molar-refractivity contribution >= 4 is 11.8 Å². The molecule has 30 heavy (non-hydrogen) atoms. The largest absolute Gasteiger partial charge is 0.462 e. The fourth-order valence-electron chi connectivity index (χ4n) is 7.61. The van der Waals surface area contributed by atoms with Crippen molar-refractivity contribution in [3.63, 3.8) is 0 Å². The third kappa shape index (κ3) is 4.36. The molecule has 0 aromatic carbocycles. The lowest BCUT2D eigenvalue weighted by molar-refractivity contribution is -0.159. The number of hydrogen-bond acceptors (Lipinski definition) is 4. The van der Waals surface area contributed by atoms with Crippen LogP contribution in [-0.4, -0.2) is 31.1 Å². The fourth-order valence-corrected chi connectivity index (χ4v) is 7.61. The minimum absolute atomic E-state index is 0.0325. The maximum absolute atomic E-state index is 12.8. The molecule has 0 aromatic heterocycles. The number of hydrogen-bond donors (Lipinski definition) is 0. The molecule has 0 aliphatic heterocycles. The van der Waals surface area contributed by atoms with Crippen LogP contribution in [0.1, 0.15) is 91.4 Å². The fraction of sp³-hybridized carbons (Fsp3) is 0.923. The van der Waals surface area contributed by atoms with Crippen molar-refractivity contribution in [1.82, 2.24) is 0 Å². The number of rotatable bonds is 6. The van der Waals surface area contributed by atoms with Gasteiger partial charge < -0.3 is 9.47 Å². The molecule has 4 fully saturated rings. The van der Waals surface area contributed by atoms with Crippen molar-refractivity contribution in [2.75, 3.05) is 7.11 Å². The molecule has 0 aromatic rings. The predicted molar refractivity (Wildman–Crippen MR) is 117 cm³/mol. The highest BCUT2D eigenvalue weighted by Gasteiger charge is 2.51. The summed E-state index contributed by atoms with van der Waals surface area (Å²) in [4.78, 5) is 24.6. The minimum atomic E-state index is 0.0325. The molecule has 4 aliphatic rings. The standard InChI is InChI=1S/C26H42O4/c1-16(27)23-14-18-13-17(23)15-24(18)25(28)30-22-11-7-20(8-12-22)26(2,3)19-5-9-21(29-4)10-6-19/h17-24H,5-15H2,1-4H3. The first kappa shape index (κ1) is 22.3. The first-order valence-corrected chi connectivity index (χ1v) is 12.5. The van der Waals surface area contributed by atoms with Crippen molar-refractivity contribution in [3.8, 4) is 0 Å². The molecule has 170 valence electrons. The van der Waals surface area contributed by atoms with Gasteiger partial charge in [-0.25, -0.2) is 0 Å². The van der Waals surface area contributed by atoms with E-state index in [4.69, 9.17) is 9.47 Å². The highest BCUT2D eigenvalue weighted by Crippen LogP contribution is 2.53. The Morgan fingerprint density at radius 2 is 1.23 bits per heavy atom. The molecule has 4 heteroatoms. The Labute approximate surface area is 182 Å². The maximum Gasteiger partial charge on any atom is 0.309 e. The van der Waals surface area contributed by atoms with E-state index in [1.807, 2.05) is 7.11 Å². The number of carbonyl (C=O) groups excluding carboxylic acids is 2. The van der Waals surface area contributed by atoms with E-state index in [2.05, 4.69) is 13.8 Å². The Kier molecular flexibility index (Phi) is 6.63. The quantitative estimate of drug-likeness (QED) is 0.529. The second-order valence-electron chi connectivity index (χ2n) is 11.5. The Hall–Kier alpha value is -0.900. The molecule has 0 amide bonds. The van der Waals surface area contributed by atoms with E-state index in [0.717, 1.165) is 43.9 Å². The molecule has 2 bridgehead atoms. The van der Waals surface area contributed by atoms with Gasteiger partial charge in [-0.2, -0.15) is 0 Å². The SMILES string of the molecule is COC1CCC(C(C)(C)C2CCC(OC(=O)C3CC4CC3CC4C(C)=O)CC2)CC1. The molecule has 0 heterocycles. The molecule has 4 saturated carbocycles. The molecular weight excluding hydrogens is 376 g/mol. The summed E-state index contributed by atoms with van der Waals surface area (Å²) >= 11 is 0. The molecule has 4 atom stereocenters. The summed E-state index contributed by atoms with van der Waals surface area (Å²) in [6.45, 7) is 6.66. The second kappa shape index (κ2) is 8.92. The molecule has 0 spiro atoms. The highest BCUT2D eigenvalue weighted by molar-refractivity contribution is 5.80. The third-order valence-electron chi connectivity index (χ3n) is 9.75. The first-order valence-electron chi connectivity index (χ1n) is 12.5. The van der Waals surface area contributed by atoms with Gasteiger partial charge in [-0.3, -0.25) is 9.59 Å². The molecule has 0 N–H and O–H groups in total. The summed E-state index contributed by atoms with van der Waals surface area (Å²) in [5.41, 5.74) is 0.361. The summed E-state index contributed by atoms with van der Waals surface area (Å²) in [5, 5.41) is 0. The van der Waals surface area contributed by atoms with E-state index in [9.17, 15) is 9.59 Å². The van der Waals surface area contributed by atoms with Gasteiger partial charge in [0.2, 0.25) is 0 Å². The van der Waals surface area contributed by atoms with E-state index < -0.39 is 0 Å². The van der Waals surface area contributed by atoms with Crippen molar-refractivity contribution in [3.05, 3.63) is 0 Å². The number of ketones is 1. The van der Waals surface area contributed by atoms with Crippen molar-refractivity contribution in [1.29, 1.82) is 0 Å². The number of methoxy groups -OCH3 is 1. The lowest BCUT2D eigenvalue weighted by Crippen LogP contribution is -2.39. The van der Waals surface area contributed by atoms with Crippen LogP contribution in [0.2, 0.25) is 0 Å². The molecule has 4 aliphatic carbocycles. The summed E-state index contributed by atoms with van der Waals surface area (Å²) in [6.07, 6.45) is 12.8. The molecule has 4 rings (SSSR count). The molecule has 4 unspecified atom stereocenters. The number of ether oxygens (including phenoxy) is 2. The van der Waals surface area contributed by atoms with Gasteiger partial charge in [0.05, 0.1) is 12.0 Å². The lowest BCUT2D eigenvalue weighted by Gasteiger charge is -2.46. The van der Waals surface area contributed by atoms with Gasteiger partial charge in [0.25, 0.3) is 0 Å². The molecule has 0 radical (unpaired) electrons. The Bertz CT molecular complexity index is 625. The lowest BCUT2D eigenvalue weighted by atomic mass is 9.60. The third-order valence-corrected chi connectivity index (χ3v) is 9.75. The zero-order chi connectivity index (χ0) is 21.5. The molecular formula is C26H42O4. The van der Waals surface area contributed by atoms with Gasteiger partial charge in [0.15, 0.2) is 0 Å². The Morgan fingerprint density at radius 3 is 1.70 bits per heavy atom. The van der Waals surface area contributed by atoms with Crippen LogP contribution in [0, 0.1) is 40.9 Å². The molecule has 4 nitrogen and oxygen atoms in total. The van der Waals surface area contributed by atoms with Crippen molar-refractivity contribution < 1.29 is 19.1 Å². The Balaban J connectivity index is 1.23. The Morgan fingerprint density at radius 1 is 0.733 bits per heavy atom. The van der Waals surface area contributed by atoms with Crippen LogP contribution in [0.15, 0.2) is 0 Å². The van der Waals surface area contributed by atoms with E-state index in [1.165, 1.54) is 38.5 Å². The summed E-state index contributed by atoms with van der Waals surface area (Å²) in [6, 6.07) is 0. The second-order valence-corrected chi connectivity index (χ2v) is 11.5. The number of carbonyl (C=O) groups is 2. The van der Waals surface area contributed by atoms with E-state index in [0.29, 0.717) is 29.1 Å². The summed E-state index contributed by atoms with van der Waals surface area (Å²) < 4.78 is 11.6. The minimum Gasteiger partial charge on any atom is -0.462 e. The van der Waals surface area contributed by atoms with Crippen LogP contribution in [0.3, 0.4) is 0 Å². The maximum atomic E-state index is 12.8. The van der Waals surface area contributed by atoms with Crippen LogP contribution in [0.25, 0.3) is 0 Å². The zero-order valence-electron chi connectivity index (χ0n) is 19.5. The normalized spacial score (nSPS) is 41.6. The summed E-state index contributed by atoms with van der Waals surface area (Å²) in [5.74, 6) is 2.93. The monoisotopic (exact) mass is 418 g/mol. The zero-order valence-corrected chi connectivity index (χ0v) is 19.5. The first-order chi connectivity index (χ1) is 14.3. The van der Waals surface area contributed by atoms with Crippen LogP contribution in [-0.2, 0) is 19.1 Å². The van der Waals surface area contributed by atoms with Crippen LogP contribution < -0.4 is 0 Å². The number of esters is 1. The van der Waals surface area contributed by atoms with Crippen LogP contribution in [0.4, 0.5) is 0 Å². The average molecular weight is 419 g/mol. The van der Waals surface area contributed by atoms with Gasteiger partial charge in [0.1, 0.15) is 11.9 Å². The number of fused-ring (bicyclic) bond motifs is 2. The van der Waals surface area contributed by atoms with E-state index >= 15 is 0 Å². The van der Waals surface area contributed by atoms with Gasteiger partial charge in [0, 0.05) is 13.0 Å². The van der Waals surface area contributed by atoms with Gasteiger partial charge in [-0.1, -0.05) is 13.8 Å². The highest BCUT2D eigenvalue weighted by atomic mass is 16.5. The smallest absolute Gasteiger partial charge is 0.309 e. The number of Topliss-reactive ketones (excluding diaryl/α,β-unsaturated/α-hetero) is 1. The predicted octanol–water partition coefficient (Wildman–Crippen LogP) is 5.57. The van der Waals surface area contributed by atoms with Gasteiger partial charge in [-0.05, 0) is 107 Å². The summed E-state index contributed by atoms with van der Waals surface area (Å²) in [7, 11) is 1.84. The van der Waals surface area contributed by atoms with Crippen LogP contribution in [0.5, 0.6) is 0 Å². The van der Waals surface area contributed by atoms with Crippen molar-refractivity contribution in [2.45, 2.75) is 104 Å².